The third kappa shape index (κ3) is 3.97. The minimum Gasteiger partial charge on any atom is -0.506 e. The van der Waals surface area contributed by atoms with Gasteiger partial charge in [0.1, 0.15) is 11.6 Å². The molecular formula is C18H14Br2FN3OS. The van der Waals surface area contributed by atoms with Crippen molar-refractivity contribution >= 4 is 49.4 Å². The van der Waals surface area contributed by atoms with Crippen LogP contribution in [0, 0.1) is 5.82 Å². The highest BCUT2D eigenvalue weighted by Crippen LogP contribution is 2.33. The predicted molar refractivity (Wildman–Crippen MR) is 110 cm³/mol. The molecule has 0 fully saturated rings. The third-order valence-corrected chi connectivity index (χ3v) is 5.55. The Kier molecular flexibility index (Phi) is 6.05. The number of thiazole rings is 1. The van der Waals surface area contributed by atoms with Gasteiger partial charge in [0.25, 0.3) is 0 Å². The van der Waals surface area contributed by atoms with Crippen LogP contribution < -0.4 is 4.80 Å². The molecule has 0 aliphatic carbocycles. The van der Waals surface area contributed by atoms with Crippen LogP contribution in [0.1, 0.15) is 12.5 Å². The van der Waals surface area contributed by atoms with Gasteiger partial charge in [-0.2, -0.15) is 5.10 Å². The fourth-order valence-electron chi connectivity index (χ4n) is 2.29. The minimum absolute atomic E-state index is 0.124. The van der Waals surface area contributed by atoms with Crippen LogP contribution in [0.4, 0.5) is 4.39 Å². The lowest BCUT2D eigenvalue weighted by atomic mass is 10.1. The molecule has 3 rings (SSSR count). The zero-order valence-electron chi connectivity index (χ0n) is 13.7. The maximum atomic E-state index is 14.2. The highest BCUT2D eigenvalue weighted by atomic mass is 79.9. The summed E-state index contributed by atoms with van der Waals surface area (Å²) in [6.07, 6.45) is 1.64. The topological polar surface area (TPSA) is 49.9 Å². The van der Waals surface area contributed by atoms with Crippen molar-refractivity contribution in [3.8, 4) is 17.0 Å². The molecule has 1 N–H and O–H groups in total. The highest BCUT2D eigenvalue weighted by Gasteiger charge is 2.11. The Morgan fingerprint density at radius 1 is 1.23 bits per heavy atom. The number of phenolic OH excluding ortho intramolecular Hbond substituents is 1. The van der Waals surface area contributed by atoms with E-state index in [0.29, 0.717) is 31.5 Å². The van der Waals surface area contributed by atoms with Crippen LogP contribution in [0.3, 0.4) is 0 Å². The summed E-state index contributed by atoms with van der Waals surface area (Å²) < 4.78 is 17.0. The lowest BCUT2D eigenvalue weighted by Gasteiger charge is -2.05. The van der Waals surface area contributed by atoms with E-state index in [1.165, 1.54) is 17.4 Å². The molecule has 0 amide bonds. The van der Waals surface area contributed by atoms with Crippen LogP contribution in [0.15, 0.2) is 60.8 Å². The maximum Gasteiger partial charge on any atom is 0.206 e. The standard InChI is InChI=1S/C18H14Br2FN3OS/c1-2-22-18-24(16(10-26-18)12-5-3-4-6-15(12)21)23-9-11-7-13(19)17(25)14(20)8-11/h3-10,25H,2H2,1H3. The van der Waals surface area contributed by atoms with Crippen LogP contribution in [0.2, 0.25) is 0 Å². The molecule has 4 nitrogen and oxygen atoms in total. The molecule has 1 aromatic heterocycles. The zero-order chi connectivity index (χ0) is 18.7. The van der Waals surface area contributed by atoms with E-state index in [1.54, 1.807) is 41.2 Å². The smallest absolute Gasteiger partial charge is 0.206 e. The van der Waals surface area contributed by atoms with Gasteiger partial charge in [-0.1, -0.05) is 12.1 Å². The molecule has 0 saturated heterocycles. The number of nitrogens with zero attached hydrogens (tertiary/aromatic N) is 3. The van der Waals surface area contributed by atoms with E-state index in [4.69, 9.17) is 0 Å². The molecule has 26 heavy (non-hydrogen) atoms. The molecule has 0 saturated carbocycles. The Hall–Kier alpha value is -1.77. The van der Waals surface area contributed by atoms with E-state index in [-0.39, 0.29) is 11.6 Å². The number of hydrogen-bond acceptors (Lipinski definition) is 4. The monoisotopic (exact) mass is 497 g/mol. The van der Waals surface area contributed by atoms with Gasteiger partial charge in [-0.3, -0.25) is 4.99 Å². The molecule has 0 aliphatic rings. The SMILES string of the molecule is CCN=c1scc(-c2ccccc2F)n1N=Cc1cc(Br)c(O)c(Br)c1. The molecule has 0 aliphatic heterocycles. The van der Waals surface area contributed by atoms with Gasteiger partial charge in [0.15, 0.2) is 0 Å². The van der Waals surface area contributed by atoms with E-state index < -0.39 is 0 Å². The van der Waals surface area contributed by atoms with Crippen LogP contribution in [-0.2, 0) is 0 Å². The van der Waals surface area contributed by atoms with Crippen molar-refractivity contribution in [1.29, 1.82) is 0 Å². The second-order valence-corrected chi connectivity index (χ2v) is 7.79. The summed E-state index contributed by atoms with van der Waals surface area (Å²) >= 11 is 8.01. The number of aromatic nitrogens is 1. The Bertz CT molecular complexity index is 1020. The number of rotatable bonds is 4. The van der Waals surface area contributed by atoms with Crippen molar-refractivity contribution in [1.82, 2.24) is 4.68 Å². The van der Waals surface area contributed by atoms with Gasteiger partial charge in [0, 0.05) is 17.5 Å². The number of hydrogen-bond donors (Lipinski definition) is 1. The second-order valence-electron chi connectivity index (χ2n) is 5.25. The van der Waals surface area contributed by atoms with E-state index in [9.17, 15) is 9.50 Å². The predicted octanol–water partition coefficient (Wildman–Crippen LogP) is 5.39. The Labute approximate surface area is 170 Å². The number of aromatic hydroxyl groups is 1. The second kappa shape index (κ2) is 8.28. The van der Waals surface area contributed by atoms with Gasteiger partial charge in [-0.25, -0.2) is 9.07 Å². The van der Waals surface area contributed by atoms with Gasteiger partial charge in [-0.05, 0) is 68.6 Å². The van der Waals surface area contributed by atoms with Gasteiger partial charge < -0.3 is 5.11 Å². The normalized spacial score (nSPS) is 12.2. The molecule has 0 radical (unpaired) electrons. The molecule has 2 aromatic carbocycles. The highest BCUT2D eigenvalue weighted by molar-refractivity contribution is 9.11. The van der Waals surface area contributed by atoms with Crippen LogP contribution in [-0.4, -0.2) is 22.5 Å². The van der Waals surface area contributed by atoms with Crippen molar-refractivity contribution in [2.24, 2.45) is 10.1 Å². The summed E-state index contributed by atoms with van der Waals surface area (Å²) in [6, 6.07) is 10.1. The first kappa shape index (κ1) is 19.0. The largest absolute Gasteiger partial charge is 0.506 e. The Balaban J connectivity index is 2.11. The van der Waals surface area contributed by atoms with E-state index in [1.807, 2.05) is 12.3 Å². The lowest BCUT2D eigenvalue weighted by molar-refractivity contribution is 0.468. The van der Waals surface area contributed by atoms with Gasteiger partial charge in [-0.15, -0.1) is 11.3 Å². The third-order valence-electron chi connectivity index (χ3n) is 3.49. The van der Waals surface area contributed by atoms with E-state index in [2.05, 4.69) is 42.0 Å². The number of phenols is 1. The molecule has 1 heterocycles. The summed E-state index contributed by atoms with van der Waals surface area (Å²) in [4.78, 5) is 5.11. The van der Waals surface area contributed by atoms with Gasteiger partial charge in [0.05, 0.1) is 20.9 Å². The van der Waals surface area contributed by atoms with Crippen molar-refractivity contribution in [3.05, 3.63) is 66.9 Å². The van der Waals surface area contributed by atoms with Crippen molar-refractivity contribution in [2.75, 3.05) is 6.54 Å². The quantitative estimate of drug-likeness (QED) is 0.482. The van der Waals surface area contributed by atoms with E-state index in [0.717, 1.165) is 5.56 Å². The average Bonchev–Trinajstić information content (AvgIpc) is 3.01. The summed E-state index contributed by atoms with van der Waals surface area (Å²) in [5.41, 5.74) is 1.86. The summed E-state index contributed by atoms with van der Waals surface area (Å²) in [5.74, 6) is -0.188. The molecule has 134 valence electrons. The number of benzene rings is 2. The Morgan fingerprint density at radius 3 is 2.58 bits per heavy atom. The van der Waals surface area contributed by atoms with Gasteiger partial charge >= 0.3 is 0 Å². The average molecular weight is 499 g/mol. The van der Waals surface area contributed by atoms with Gasteiger partial charge in [0.2, 0.25) is 4.80 Å². The van der Waals surface area contributed by atoms with E-state index >= 15 is 0 Å². The maximum absolute atomic E-state index is 14.2. The minimum atomic E-state index is -0.313. The van der Waals surface area contributed by atoms with Crippen LogP contribution in [0.5, 0.6) is 5.75 Å². The lowest BCUT2D eigenvalue weighted by Crippen LogP contribution is -2.12. The van der Waals surface area contributed by atoms with Crippen molar-refractivity contribution < 1.29 is 9.50 Å². The molecule has 0 spiro atoms. The molecule has 0 unspecified atom stereocenters. The fourth-order valence-corrected chi connectivity index (χ4v) is 4.41. The number of halogens is 3. The first-order chi connectivity index (χ1) is 12.5. The summed E-state index contributed by atoms with van der Waals surface area (Å²) in [7, 11) is 0. The molecule has 8 heteroatoms. The molecule has 0 atom stereocenters. The zero-order valence-corrected chi connectivity index (χ0v) is 17.6. The van der Waals surface area contributed by atoms with Crippen molar-refractivity contribution in [2.45, 2.75) is 6.92 Å². The summed E-state index contributed by atoms with van der Waals surface area (Å²) in [6.45, 7) is 2.54. The first-order valence-corrected chi connectivity index (χ1v) is 10.2. The van der Waals surface area contributed by atoms with Crippen LogP contribution in [0.25, 0.3) is 11.3 Å². The summed E-state index contributed by atoms with van der Waals surface area (Å²) in [5, 5.41) is 16.2. The molecule has 3 aromatic rings. The Morgan fingerprint density at radius 2 is 1.92 bits per heavy atom. The molecule has 0 bridgehead atoms. The molecular weight excluding hydrogens is 485 g/mol. The first-order valence-electron chi connectivity index (χ1n) is 7.69. The van der Waals surface area contributed by atoms with Crippen LogP contribution >= 0.6 is 43.2 Å². The van der Waals surface area contributed by atoms with Crippen molar-refractivity contribution in [3.63, 3.8) is 0 Å². The fraction of sp³-hybridized carbons (Fsp3) is 0.111.